The Morgan fingerprint density at radius 1 is 1.00 bits per heavy atom. The molecule has 0 bridgehead atoms. The Morgan fingerprint density at radius 2 is 1.76 bits per heavy atom. The minimum Gasteiger partial charge on any atom is -0.351 e. The molecule has 160 valence electrons. The van der Waals surface area contributed by atoms with Crippen molar-refractivity contribution in [3.05, 3.63) is 105 Å². The first kappa shape index (κ1) is 21.5. The quantitative estimate of drug-likeness (QED) is 0.380. The average molecular weight is 515 g/mol. The molecule has 3 atom stereocenters. The second-order valence-electron chi connectivity index (χ2n) is 8.21. The Bertz CT molecular complexity index is 1360. The number of carbonyl (C=O) groups excluding carboxylic acids is 1. The molecule has 0 spiro atoms. The predicted molar refractivity (Wildman–Crippen MR) is 132 cm³/mol. The molecule has 0 aliphatic carbocycles. The Morgan fingerprint density at radius 3 is 2.45 bits per heavy atom. The molecule has 1 saturated heterocycles. The summed E-state index contributed by atoms with van der Waals surface area (Å²) in [5.74, 6) is -0.796. The van der Waals surface area contributed by atoms with E-state index < -0.39 is 23.4 Å². The summed E-state index contributed by atoms with van der Waals surface area (Å²) in [5.41, 5.74) is 1.48. The van der Waals surface area contributed by atoms with Crippen LogP contribution in [0.3, 0.4) is 0 Å². The molecule has 0 radical (unpaired) electrons. The van der Waals surface area contributed by atoms with Crippen molar-refractivity contribution in [2.75, 3.05) is 4.90 Å². The molecule has 4 nitrogen and oxygen atoms in total. The number of hydrogen-bond donors (Lipinski definition) is 0. The van der Waals surface area contributed by atoms with Gasteiger partial charge in [0.25, 0.3) is 0 Å². The molecule has 1 fully saturated rings. The van der Waals surface area contributed by atoms with E-state index in [2.05, 4.69) is 28.1 Å². The monoisotopic (exact) mass is 513 g/mol. The number of nitriles is 2. The minimum absolute atomic E-state index is 0.140. The van der Waals surface area contributed by atoms with Gasteiger partial charge in [0, 0.05) is 26.7 Å². The van der Waals surface area contributed by atoms with Crippen molar-refractivity contribution >= 4 is 45.1 Å². The van der Waals surface area contributed by atoms with Gasteiger partial charge in [-0.25, -0.2) is 0 Å². The minimum atomic E-state index is -1.46. The molecule has 5 rings (SSSR count). The zero-order chi connectivity index (χ0) is 23.2. The molecule has 33 heavy (non-hydrogen) atoms. The summed E-state index contributed by atoms with van der Waals surface area (Å²) in [7, 11) is 0. The lowest BCUT2D eigenvalue weighted by Gasteiger charge is -2.35. The van der Waals surface area contributed by atoms with E-state index in [-0.39, 0.29) is 5.78 Å². The van der Waals surface area contributed by atoms with Crippen LogP contribution in [0.1, 0.15) is 27.4 Å². The highest BCUT2D eigenvalue weighted by molar-refractivity contribution is 9.10. The first-order valence-electron chi connectivity index (χ1n) is 10.4. The third kappa shape index (κ3) is 3.28. The van der Waals surface area contributed by atoms with Gasteiger partial charge in [0.1, 0.15) is 6.04 Å². The Hall–Kier alpha value is -3.38. The molecule has 0 amide bonds. The fraction of sp³-hybridized carbons (Fsp3) is 0.148. The van der Waals surface area contributed by atoms with E-state index >= 15 is 0 Å². The van der Waals surface area contributed by atoms with Crippen LogP contribution >= 0.6 is 27.5 Å². The van der Waals surface area contributed by atoms with E-state index in [4.69, 9.17) is 11.6 Å². The van der Waals surface area contributed by atoms with Gasteiger partial charge in [0.15, 0.2) is 11.2 Å². The summed E-state index contributed by atoms with van der Waals surface area (Å²) < 4.78 is 0.789. The molecule has 0 saturated carbocycles. The number of nitrogens with zero attached hydrogens (tertiary/aromatic N) is 3. The van der Waals surface area contributed by atoms with Gasteiger partial charge in [0.05, 0.1) is 18.2 Å². The third-order valence-corrected chi connectivity index (χ3v) is 7.23. The SMILES string of the molecule is N#CC1(C#N)[C@H](c2ccccc2)[C@@H](C(=O)c2cccc(Br)c2)N2c3ccc(Cl)cc3C=C[C@@H]21. The molecule has 3 aromatic carbocycles. The molecular weight excluding hydrogens is 498 g/mol. The number of anilines is 1. The van der Waals surface area contributed by atoms with Gasteiger partial charge in [-0.2, -0.15) is 10.5 Å². The number of rotatable bonds is 3. The lowest BCUT2D eigenvalue weighted by Crippen LogP contribution is -2.44. The number of benzene rings is 3. The third-order valence-electron chi connectivity index (χ3n) is 6.50. The van der Waals surface area contributed by atoms with Gasteiger partial charge in [0.2, 0.25) is 0 Å². The van der Waals surface area contributed by atoms with E-state index in [9.17, 15) is 15.3 Å². The van der Waals surface area contributed by atoms with Gasteiger partial charge >= 0.3 is 0 Å². The molecule has 6 heteroatoms. The van der Waals surface area contributed by atoms with Crippen molar-refractivity contribution < 1.29 is 4.79 Å². The summed E-state index contributed by atoms with van der Waals surface area (Å²) in [4.78, 5) is 16.0. The number of ketones is 1. The zero-order valence-corrected chi connectivity index (χ0v) is 19.7. The second kappa shape index (κ2) is 8.19. The summed E-state index contributed by atoms with van der Waals surface area (Å²) in [5, 5.41) is 21.4. The highest BCUT2D eigenvalue weighted by Crippen LogP contribution is 2.55. The smallest absolute Gasteiger partial charge is 0.186 e. The van der Waals surface area contributed by atoms with Crippen molar-refractivity contribution in [1.29, 1.82) is 10.5 Å². The number of carbonyl (C=O) groups is 1. The Labute approximate surface area is 205 Å². The van der Waals surface area contributed by atoms with Gasteiger partial charge in [-0.3, -0.25) is 4.79 Å². The highest BCUT2D eigenvalue weighted by Gasteiger charge is 2.63. The molecule has 2 aliphatic heterocycles. The normalized spacial score (nSPS) is 22.1. The largest absolute Gasteiger partial charge is 0.351 e. The highest BCUT2D eigenvalue weighted by atomic mass is 79.9. The maximum atomic E-state index is 14.1. The van der Waals surface area contributed by atoms with Crippen molar-refractivity contribution in [2.45, 2.75) is 18.0 Å². The summed E-state index contributed by atoms with van der Waals surface area (Å²) in [6.07, 6.45) is 3.75. The Kier molecular flexibility index (Phi) is 5.33. The van der Waals surface area contributed by atoms with E-state index in [1.54, 1.807) is 18.2 Å². The van der Waals surface area contributed by atoms with Crippen molar-refractivity contribution in [2.24, 2.45) is 5.41 Å². The average Bonchev–Trinajstić information content (AvgIpc) is 3.14. The van der Waals surface area contributed by atoms with Gasteiger partial charge in [-0.05, 0) is 41.5 Å². The summed E-state index contributed by atoms with van der Waals surface area (Å²) in [6, 6.07) is 25.4. The van der Waals surface area contributed by atoms with Gasteiger partial charge in [-0.1, -0.05) is 82.1 Å². The maximum absolute atomic E-state index is 14.1. The Balaban J connectivity index is 1.79. The van der Waals surface area contributed by atoms with Crippen molar-refractivity contribution in [3.8, 4) is 12.1 Å². The van der Waals surface area contributed by atoms with Crippen molar-refractivity contribution in [1.82, 2.24) is 0 Å². The number of halogens is 2. The molecule has 2 aliphatic rings. The van der Waals surface area contributed by atoms with Crippen LogP contribution in [0.2, 0.25) is 5.02 Å². The zero-order valence-electron chi connectivity index (χ0n) is 17.3. The molecular formula is C27H17BrClN3O. The second-order valence-corrected chi connectivity index (χ2v) is 9.57. The van der Waals surface area contributed by atoms with Crippen LogP contribution in [-0.4, -0.2) is 17.9 Å². The first-order valence-corrected chi connectivity index (χ1v) is 11.6. The van der Waals surface area contributed by atoms with Crippen LogP contribution in [0.5, 0.6) is 0 Å². The van der Waals surface area contributed by atoms with Crippen LogP contribution in [0.15, 0.2) is 83.3 Å². The summed E-state index contributed by atoms with van der Waals surface area (Å²) in [6.45, 7) is 0. The van der Waals surface area contributed by atoms with E-state index in [1.807, 2.05) is 71.6 Å². The lowest BCUT2D eigenvalue weighted by molar-refractivity contribution is 0.0951. The van der Waals surface area contributed by atoms with Crippen LogP contribution < -0.4 is 4.90 Å². The number of Topliss-reactive ketones (excluding diaryl/α,β-unsaturated/α-hetero) is 1. The van der Waals surface area contributed by atoms with E-state index in [0.29, 0.717) is 10.6 Å². The lowest BCUT2D eigenvalue weighted by atomic mass is 9.69. The molecule has 0 aromatic heterocycles. The molecule has 3 aromatic rings. The van der Waals surface area contributed by atoms with E-state index in [1.165, 1.54) is 0 Å². The number of fused-ring (bicyclic) bond motifs is 3. The van der Waals surface area contributed by atoms with E-state index in [0.717, 1.165) is 21.3 Å². The first-order chi connectivity index (χ1) is 16.0. The fourth-order valence-corrected chi connectivity index (χ4v) is 5.69. The molecule has 2 heterocycles. The van der Waals surface area contributed by atoms with Gasteiger partial charge in [-0.15, -0.1) is 0 Å². The standard InChI is InChI=1S/C27H17BrClN3O/c28-20-8-4-7-19(13-20)26(33)25-24(17-5-2-1-3-6-17)27(15-30,16-31)23-12-9-18-14-21(29)10-11-22(18)32(23)25/h1-14,23-25H/t23-,24-,25+/m1/s1. The van der Waals surface area contributed by atoms with Crippen LogP contribution in [-0.2, 0) is 0 Å². The van der Waals surface area contributed by atoms with Crippen molar-refractivity contribution in [3.63, 3.8) is 0 Å². The van der Waals surface area contributed by atoms with Crippen LogP contribution in [0, 0.1) is 28.1 Å². The molecule has 0 unspecified atom stereocenters. The van der Waals surface area contributed by atoms with Crippen LogP contribution in [0.25, 0.3) is 6.08 Å². The maximum Gasteiger partial charge on any atom is 0.186 e. The van der Waals surface area contributed by atoms with Crippen LogP contribution in [0.4, 0.5) is 5.69 Å². The number of hydrogen-bond acceptors (Lipinski definition) is 4. The fourth-order valence-electron chi connectivity index (χ4n) is 5.11. The predicted octanol–water partition coefficient (Wildman–Crippen LogP) is 6.39. The topological polar surface area (TPSA) is 67.9 Å². The molecule has 0 N–H and O–H groups in total. The summed E-state index contributed by atoms with van der Waals surface area (Å²) >= 11 is 9.69. The van der Waals surface area contributed by atoms with Gasteiger partial charge < -0.3 is 4.90 Å².